The number of hydrogen-bond acceptors (Lipinski definition) is 4. The summed E-state index contributed by atoms with van der Waals surface area (Å²) in [6.07, 6.45) is 2.72. The third kappa shape index (κ3) is 2.76. The van der Waals surface area contributed by atoms with E-state index in [2.05, 4.69) is 44.8 Å². The lowest BCUT2D eigenvalue weighted by Gasteiger charge is -2.45. The minimum Gasteiger partial charge on any atom is -0.329 e. The molecule has 0 radical (unpaired) electrons. The molecule has 3 rings (SSSR count). The van der Waals surface area contributed by atoms with Crippen molar-refractivity contribution in [2.24, 2.45) is 5.73 Å². The maximum absolute atomic E-state index is 6.08. The number of nitrogens with zero attached hydrogens (tertiary/aromatic N) is 2. The normalized spacial score (nSPS) is 30.5. The number of rotatable bonds is 3. The molecule has 3 heterocycles. The smallest absolute Gasteiger partial charge is 0.0702 e. The molecular formula is C14H22BrN3S. The number of thiophene rings is 1. The van der Waals surface area contributed by atoms with Crippen molar-refractivity contribution in [1.82, 2.24) is 9.80 Å². The Balaban J connectivity index is 1.78. The Bertz CT molecular complexity index is 436. The van der Waals surface area contributed by atoms with Crippen LogP contribution in [0.5, 0.6) is 0 Å². The Hall–Kier alpha value is 0.0600. The fourth-order valence-corrected chi connectivity index (χ4v) is 5.12. The molecule has 2 aliphatic heterocycles. The Morgan fingerprint density at radius 3 is 3.00 bits per heavy atom. The summed E-state index contributed by atoms with van der Waals surface area (Å²) in [5, 5.41) is 0. The maximum Gasteiger partial charge on any atom is 0.0702 e. The van der Waals surface area contributed by atoms with E-state index >= 15 is 0 Å². The van der Waals surface area contributed by atoms with Crippen LogP contribution in [-0.4, -0.2) is 48.1 Å². The number of fused-ring (bicyclic) bond motifs is 1. The highest BCUT2D eigenvalue weighted by molar-refractivity contribution is 9.11. The van der Waals surface area contributed by atoms with Crippen LogP contribution in [0.4, 0.5) is 0 Å². The van der Waals surface area contributed by atoms with Crippen molar-refractivity contribution in [2.75, 3.05) is 26.2 Å². The molecule has 0 bridgehead atoms. The standard InChI is InChI=1S/C14H22BrN3S/c1-10-8-17-6-2-3-11(17)9-18(10)12(7-16)13-4-5-14(15)19-13/h4-5,10-12H,2-3,6-9,16H2,1H3. The highest BCUT2D eigenvalue weighted by atomic mass is 79.9. The summed E-state index contributed by atoms with van der Waals surface area (Å²) in [7, 11) is 0. The van der Waals surface area contributed by atoms with E-state index in [0.29, 0.717) is 18.6 Å². The van der Waals surface area contributed by atoms with Crippen molar-refractivity contribution in [3.63, 3.8) is 0 Å². The lowest BCUT2D eigenvalue weighted by molar-refractivity contribution is 0.0306. The molecule has 0 aromatic carbocycles. The molecule has 5 heteroatoms. The molecule has 3 unspecified atom stereocenters. The average molecular weight is 344 g/mol. The molecule has 3 atom stereocenters. The third-order valence-electron chi connectivity index (χ3n) is 4.53. The highest BCUT2D eigenvalue weighted by Crippen LogP contribution is 2.34. The Kier molecular flexibility index (Phi) is 4.29. The largest absolute Gasteiger partial charge is 0.329 e. The first kappa shape index (κ1) is 14.0. The molecule has 2 aliphatic rings. The molecule has 2 fully saturated rings. The van der Waals surface area contributed by atoms with Gasteiger partial charge in [0.05, 0.1) is 9.83 Å². The molecule has 19 heavy (non-hydrogen) atoms. The van der Waals surface area contributed by atoms with E-state index < -0.39 is 0 Å². The maximum atomic E-state index is 6.08. The van der Waals surface area contributed by atoms with E-state index in [4.69, 9.17) is 5.73 Å². The molecule has 0 spiro atoms. The van der Waals surface area contributed by atoms with E-state index in [1.54, 1.807) is 0 Å². The van der Waals surface area contributed by atoms with Crippen molar-refractivity contribution >= 4 is 27.3 Å². The molecule has 3 nitrogen and oxygen atoms in total. The van der Waals surface area contributed by atoms with Gasteiger partial charge >= 0.3 is 0 Å². The molecule has 0 aliphatic carbocycles. The molecule has 0 saturated carbocycles. The predicted octanol–water partition coefficient (Wildman–Crippen LogP) is 2.68. The predicted molar refractivity (Wildman–Crippen MR) is 84.6 cm³/mol. The first-order valence-corrected chi connectivity index (χ1v) is 8.75. The van der Waals surface area contributed by atoms with Gasteiger partial charge < -0.3 is 5.73 Å². The first-order chi connectivity index (χ1) is 9.19. The van der Waals surface area contributed by atoms with Gasteiger partial charge in [0.25, 0.3) is 0 Å². The zero-order valence-corrected chi connectivity index (χ0v) is 13.8. The van der Waals surface area contributed by atoms with E-state index in [1.165, 1.54) is 41.1 Å². The second-order valence-electron chi connectivity index (χ2n) is 5.73. The minimum absolute atomic E-state index is 0.383. The van der Waals surface area contributed by atoms with Crippen LogP contribution in [0, 0.1) is 0 Å². The summed E-state index contributed by atoms with van der Waals surface area (Å²) >= 11 is 5.39. The summed E-state index contributed by atoms with van der Waals surface area (Å²) in [5.74, 6) is 0. The van der Waals surface area contributed by atoms with Gasteiger partial charge in [-0.05, 0) is 54.4 Å². The summed E-state index contributed by atoms with van der Waals surface area (Å²) in [6, 6.07) is 6.10. The lowest BCUT2D eigenvalue weighted by Crippen LogP contribution is -2.56. The van der Waals surface area contributed by atoms with Crippen LogP contribution in [0.1, 0.15) is 30.7 Å². The van der Waals surface area contributed by atoms with Gasteiger partial charge in [0.2, 0.25) is 0 Å². The third-order valence-corrected chi connectivity index (χ3v) is 6.26. The Morgan fingerprint density at radius 2 is 2.32 bits per heavy atom. The molecule has 0 amide bonds. The second kappa shape index (κ2) is 5.82. The fraction of sp³-hybridized carbons (Fsp3) is 0.714. The van der Waals surface area contributed by atoms with Gasteiger partial charge in [-0.25, -0.2) is 0 Å². The number of hydrogen-bond donors (Lipinski definition) is 1. The average Bonchev–Trinajstić information content (AvgIpc) is 2.99. The van der Waals surface area contributed by atoms with Crippen LogP contribution < -0.4 is 5.73 Å². The monoisotopic (exact) mass is 343 g/mol. The van der Waals surface area contributed by atoms with Gasteiger partial charge in [-0.1, -0.05) is 0 Å². The van der Waals surface area contributed by atoms with Crippen molar-refractivity contribution in [3.05, 3.63) is 20.8 Å². The molecule has 106 valence electrons. The molecular weight excluding hydrogens is 322 g/mol. The number of piperazine rings is 1. The van der Waals surface area contributed by atoms with Crippen LogP contribution in [0.25, 0.3) is 0 Å². The van der Waals surface area contributed by atoms with Crippen molar-refractivity contribution in [3.8, 4) is 0 Å². The molecule has 1 aromatic heterocycles. The zero-order chi connectivity index (χ0) is 13.4. The second-order valence-corrected chi connectivity index (χ2v) is 8.22. The van der Waals surface area contributed by atoms with E-state index in [1.807, 2.05) is 11.3 Å². The fourth-order valence-electron chi connectivity index (χ4n) is 3.57. The van der Waals surface area contributed by atoms with Gasteiger partial charge in [0.1, 0.15) is 0 Å². The zero-order valence-electron chi connectivity index (χ0n) is 11.4. The van der Waals surface area contributed by atoms with Crippen LogP contribution in [0.3, 0.4) is 0 Å². The molecule has 2 N–H and O–H groups in total. The Morgan fingerprint density at radius 1 is 1.47 bits per heavy atom. The summed E-state index contributed by atoms with van der Waals surface area (Å²) < 4.78 is 1.20. The van der Waals surface area contributed by atoms with E-state index in [0.717, 1.165) is 6.04 Å². The van der Waals surface area contributed by atoms with Gasteiger partial charge in [0, 0.05) is 36.6 Å². The van der Waals surface area contributed by atoms with Crippen LogP contribution in [0.15, 0.2) is 15.9 Å². The van der Waals surface area contributed by atoms with E-state index in [9.17, 15) is 0 Å². The topological polar surface area (TPSA) is 32.5 Å². The number of halogens is 1. The molecule has 2 saturated heterocycles. The van der Waals surface area contributed by atoms with Crippen LogP contribution in [0.2, 0.25) is 0 Å². The Labute approximate surface area is 127 Å². The molecule has 1 aromatic rings. The number of nitrogens with two attached hydrogens (primary N) is 1. The lowest BCUT2D eigenvalue weighted by atomic mass is 10.0. The van der Waals surface area contributed by atoms with Crippen molar-refractivity contribution < 1.29 is 0 Å². The highest BCUT2D eigenvalue weighted by Gasteiger charge is 2.37. The van der Waals surface area contributed by atoms with Crippen LogP contribution in [-0.2, 0) is 0 Å². The first-order valence-electron chi connectivity index (χ1n) is 7.14. The summed E-state index contributed by atoms with van der Waals surface area (Å²) in [4.78, 5) is 6.69. The summed E-state index contributed by atoms with van der Waals surface area (Å²) in [6.45, 7) is 6.73. The van der Waals surface area contributed by atoms with Crippen LogP contribution >= 0.6 is 27.3 Å². The van der Waals surface area contributed by atoms with Crippen molar-refractivity contribution in [2.45, 2.75) is 37.9 Å². The van der Waals surface area contributed by atoms with E-state index in [-0.39, 0.29) is 0 Å². The summed E-state index contributed by atoms with van der Waals surface area (Å²) in [5.41, 5.74) is 6.08. The van der Waals surface area contributed by atoms with Gasteiger partial charge in [0.15, 0.2) is 0 Å². The van der Waals surface area contributed by atoms with Gasteiger partial charge in [-0.2, -0.15) is 0 Å². The van der Waals surface area contributed by atoms with Gasteiger partial charge in [-0.3, -0.25) is 9.80 Å². The van der Waals surface area contributed by atoms with Gasteiger partial charge in [-0.15, -0.1) is 11.3 Å². The SMILES string of the molecule is CC1CN2CCCC2CN1C(CN)c1ccc(Br)s1. The minimum atomic E-state index is 0.383. The quantitative estimate of drug-likeness (QED) is 0.915. The van der Waals surface area contributed by atoms with Crippen molar-refractivity contribution in [1.29, 1.82) is 0 Å².